The molecule has 1 aromatic heterocycles. The molecule has 1 unspecified atom stereocenters. The van der Waals surface area contributed by atoms with E-state index in [-0.39, 0.29) is 11.9 Å². The standard InChI is InChI=1S/C13H20N4O/c1-9-10(13(18)17(2)3)8-15-12(16-9)11-6-4-5-7-14-11/h8,11,14H,4-7H2,1-3H3. The molecule has 0 saturated carbocycles. The second kappa shape index (κ2) is 5.44. The summed E-state index contributed by atoms with van der Waals surface area (Å²) in [6.07, 6.45) is 5.14. The van der Waals surface area contributed by atoms with Crippen LogP contribution in [0.15, 0.2) is 6.20 Å². The Balaban J connectivity index is 2.21. The van der Waals surface area contributed by atoms with Crippen molar-refractivity contribution in [1.29, 1.82) is 0 Å². The monoisotopic (exact) mass is 248 g/mol. The van der Waals surface area contributed by atoms with Gasteiger partial charge in [0.05, 0.1) is 17.3 Å². The lowest BCUT2D eigenvalue weighted by Gasteiger charge is -2.22. The van der Waals surface area contributed by atoms with Gasteiger partial charge in [-0.15, -0.1) is 0 Å². The number of carbonyl (C=O) groups excluding carboxylic acids is 1. The third-order valence-electron chi connectivity index (χ3n) is 3.26. The average molecular weight is 248 g/mol. The van der Waals surface area contributed by atoms with Gasteiger partial charge in [0.1, 0.15) is 5.82 Å². The van der Waals surface area contributed by atoms with Gasteiger partial charge >= 0.3 is 0 Å². The van der Waals surface area contributed by atoms with E-state index in [0.717, 1.165) is 24.5 Å². The highest BCUT2D eigenvalue weighted by Crippen LogP contribution is 2.20. The van der Waals surface area contributed by atoms with E-state index in [1.807, 2.05) is 6.92 Å². The zero-order valence-corrected chi connectivity index (χ0v) is 11.2. The highest BCUT2D eigenvalue weighted by Gasteiger charge is 2.20. The predicted octanol–water partition coefficient (Wildman–Crippen LogP) is 1.30. The molecule has 98 valence electrons. The summed E-state index contributed by atoms with van der Waals surface area (Å²) in [5, 5.41) is 3.41. The van der Waals surface area contributed by atoms with Crippen LogP contribution in [-0.2, 0) is 0 Å². The van der Waals surface area contributed by atoms with Crippen LogP contribution in [0.5, 0.6) is 0 Å². The SMILES string of the molecule is Cc1nc(C2CCCCN2)ncc1C(=O)N(C)C. The van der Waals surface area contributed by atoms with Crippen LogP contribution in [-0.4, -0.2) is 41.4 Å². The molecule has 5 nitrogen and oxygen atoms in total. The molecule has 0 aliphatic carbocycles. The van der Waals surface area contributed by atoms with Crippen molar-refractivity contribution in [2.45, 2.75) is 32.2 Å². The van der Waals surface area contributed by atoms with E-state index >= 15 is 0 Å². The molecule has 1 saturated heterocycles. The topological polar surface area (TPSA) is 58.1 Å². The third-order valence-corrected chi connectivity index (χ3v) is 3.26. The van der Waals surface area contributed by atoms with E-state index in [2.05, 4.69) is 15.3 Å². The summed E-state index contributed by atoms with van der Waals surface area (Å²) in [6, 6.07) is 0.237. The Morgan fingerprint density at radius 2 is 2.22 bits per heavy atom. The van der Waals surface area contributed by atoms with Crippen LogP contribution >= 0.6 is 0 Å². The van der Waals surface area contributed by atoms with Crippen LogP contribution in [0.1, 0.15) is 47.2 Å². The van der Waals surface area contributed by atoms with Crippen LogP contribution in [0.25, 0.3) is 0 Å². The lowest BCUT2D eigenvalue weighted by molar-refractivity contribution is 0.0826. The largest absolute Gasteiger partial charge is 0.345 e. The highest BCUT2D eigenvalue weighted by atomic mass is 16.2. The number of aryl methyl sites for hydroxylation is 1. The number of rotatable bonds is 2. The van der Waals surface area contributed by atoms with Gasteiger partial charge in [-0.3, -0.25) is 4.79 Å². The van der Waals surface area contributed by atoms with Gasteiger partial charge in [0, 0.05) is 20.3 Å². The van der Waals surface area contributed by atoms with Crippen molar-refractivity contribution >= 4 is 5.91 Å². The van der Waals surface area contributed by atoms with E-state index in [9.17, 15) is 4.79 Å². The summed E-state index contributed by atoms with van der Waals surface area (Å²) >= 11 is 0. The van der Waals surface area contributed by atoms with Crippen LogP contribution in [0.3, 0.4) is 0 Å². The number of hydrogen-bond acceptors (Lipinski definition) is 4. The van der Waals surface area contributed by atoms with Crippen LogP contribution in [0, 0.1) is 6.92 Å². The van der Waals surface area contributed by atoms with Gasteiger partial charge in [-0.1, -0.05) is 6.42 Å². The second-order valence-corrected chi connectivity index (χ2v) is 4.93. The van der Waals surface area contributed by atoms with E-state index in [0.29, 0.717) is 5.56 Å². The van der Waals surface area contributed by atoms with Crippen molar-refractivity contribution in [3.63, 3.8) is 0 Å². The zero-order valence-electron chi connectivity index (χ0n) is 11.2. The number of nitrogens with zero attached hydrogens (tertiary/aromatic N) is 3. The Morgan fingerprint density at radius 1 is 1.44 bits per heavy atom. The smallest absolute Gasteiger partial charge is 0.256 e. The van der Waals surface area contributed by atoms with Gasteiger partial charge in [0.25, 0.3) is 5.91 Å². The Hall–Kier alpha value is -1.49. The molecule has 1 amide bonds. The van der Waals surface area contributed by atoms with Gasteiger partial charge in [0.15, 0.2) is 0 Å². The fraction of sp³-hybridized carbons (Fsp3) is 0.615. The second-order valence-electron chi connectivity index (χ2n) is 4.93. The van der Waals surface area contributed by atoms with Crippen LogP contribution in [0.4, 0.5) is 0 Å². The maximum atomic E-state index is 11.9. The molecule has 1 aromatic rings. The zero-order chi connectivity index (χ0) is 13.1. The van der Waals surface area contributed by atoms with Gasteiger partial charge in [-0.05, 0) is 26.3 Å². The molecule has 0 aromatic carbocycles. The molecule has 1 aliphatic rings. The fourth-order valence-electron chi connectivity index (χ4n) is 2.18. The first-order valence-electron chi connectivity index (χ1n) is 6.38. The van der Waals surface area contributed by atoms with E-state index in [1.165, 1.54) is 12.8 Å². The lowest BCUT2D eigenvalue weighted by atomic mass is 10.0. The first-order valence-corrected chi connectivity index (χ1v) is 6.38. The van der Waals surface area contributed by atoms with Crippen molar-refractivity contribution in [2.75, 3.05) is 20.6 Å². The van der Waals surface area contributed by atoms with Gasteiger partial charge < -0.3 is 10.2 Å². The van der Waals surface area contributed by atoms with E-state index < -0.39 is 0 Å². The maximum absolute atomic E-state index is 11.9. The molecule has 2 rings (SSSR count). The van der Waals surface area contributed by atoms with Crippen molar-refractivity contribution in [2.24, 2.45) is 0 Å². The molecule has 0 radical (unpaired) electrons. The molecule has 1 fully saturated rings. The van der Waals surface area contributed by atoms with Gasteiger partial charge in [-0.2, -0.15) is 0 Å². The van der Waals surface area contributed by atoms with Crippen molar-refractivity contribution < 1.29 is 4.79 Å². The molecular weight excluding hydrogens is 228 g/mol. The number of hydrogen-bond donors (Lipinski definition) is 1. The molecule has 18 heavy (non-hydrogen) atoms. The maximum Gasteiger partial charge on any atom is 0.256 e. The Morgan fingerprint density at radius 3 is 2.78 bits per heavy atom. The Bertz CT molecular complexity index is 439. The van der Waals surface area contributed by atoms with Crippen LogP contribution in [0.2, 0.25) is 0 Å². The minimum Gasteiger partial charge on any atom is -0.345 e. The number of nitrogens with one attached hydrogen (secondary N) is 1. The number of carbonyl (C=O) groups is 1. The third kappa shape index (κ3) is 2.67. The summed E-state index contributed by atoms with van der Waals surface area (Å²) < 4.78 is 0. The number of aromatic nitrogens is 2. The Kier molecular flexibility index (Phi) is 3.91. The average Bonchev–Trinajstić information content (AvgIpc) is 2.38. The molecule has 5 heteroatoms. The molecular formula is C13H20N4O. The summed E-state index contributed by atoms with van der Waals surface area (Å²) in [5.41, 5.74) is 1.34. The first-order chi connectivity index (χ1) is 8.59. The molecule has 0 bridgehead atoms. The summed E-state index contributed by atoms with van der Waals surface area (Å²) in [7, 11) is 3.47. The molecule has 1 atom stereocenters. The highest BCUT2D eigenvalue weighted by molar-refractivity contribution is 5.94. The van der Waals surface area contributed by atoms with Crippen molar-refractivity contribution in [1.82, 2.24) is 20.2 Å². The lowest BCUT2D eigenvalue weighted by Crippen LogP contribution is -2.29. The molecule has 0 spiro atoms. The van der Waals surface area contributed by atoms with E-state index in [4.69, 9.17) is 0 Å². The van der Waals surface area contributed by atoms with E-state index in [1.54, 1.807) is 25.2 Å². The van der Waals surface area contributed by atoms with Crippen molar-refractivity contribution in [3.05, 3.63) is 23.3 Å². The first kappa shape index (κ1) is 13.0. The summed E-state index contributed by atoms with van der Waals surface area (Å²) in [4.78, 5) is 22.3. The molecule has 1 aliphatic heterocycles. The van der Waals surface area contributed by atoms with Crippen LogP contribution < -0.4 is 5.32 Å². The van der Waals surface area contributed by atoms with Gasteiger partial charge in [0.2, 0.25) is 0 Å². The molecule has 1 N–H and O–H groups in total. The number of piperidine rings is 1. The predicted molar refractivity (Wildman–Crippen MR) is 69.4 cm³/mol. The minimum absolute atomic E-state index is 0.0457. The quantitative estimate of drug-likeness (QED) is 0.857. The summed E-state index contributed by atoms with van der Waals surface area (Å²) in [5.74, 6) is 0.762. The van der Waals surface area contributed by atoms with Gasteiger partial charge in [-0.25, -0.2) is 9.97 Å². The summed E-state index contributed by atoms with van der Waals surface area (Å²) in [6.45, 7) is 2.89. The normalized spacial score (nSPS) is 19.6. The number of amides is 1. The minimum atomic E-state index is -0.0457. The fourth-order valence-corrected chi connectivity index (χ4v) is 2.18. The van der Waals surface area contributed by atoms with Crippen molar-refractivity contribution in [3.8, 4) is 0 Å². The molecule has 2 heterocycles. The Labute approximate surface area is 108 Å².